The van der Waals surface area contributed by atoms with Gasteiger partial charge in [0.05, 0.1) is 5.69 Å². The first-order chi connectivity index (χ1) is 9.06. The average Bonchev–Trinajstić information content (AvgIpc) is 2.81. The zero-order chi connectivity index (χ0) is 13.9. The van der Waals surface area contributed by atoms with Crippen molar-refractivity contribution in [3.05, 3.63) is 53.3 Å². The lowest BCUT2D eigenvalue weighted by molar-refractivity contribution is -0.0261. The molecule has 0 amide bonds. The van der Waals surface area contributed by atoms with Crippen LogP contribution in [0.1, 0.15) is 30.8 Å². The lowest BCUT2D eigenvalue weighted by Gasteiger charge is -2.18. The van der Waals surface area contributed by atoms with Crippen molar-refractivity contribution in [2.75, 3.05) is 0 Å². The maximum atomic E-state index is 14.2. The van der Waals surface area contributed by atoms with Crippen LogP contribution in [0.2, 0.25) is 0 Å². The van der Waals surface area contributed by atoms with Crippen LogP contribution in [0.3, 0.4) is 0 Å². The van der Waals surface area contributed by atoms with E-state index in [4.69, 9.17) is 0 Å². The Hall–Kier alpha value is -1.71. The van der Waals surface area contributed by atoms with Gasteiger partial charge < -0.3 is 0 Å². The normalized spacial score (nSPS) is 11.8. The number of aromatic nitrogens is 2. The second-order valence-corrected chi connectivity index (χ2v) is 4.56. The highest BCUT2D eigenvalue weighted by molar-refractivity contribution is 5.20. The molecular formula is C15H18F2N2. The number of hydrogen-bond acceptors (Lipinski definition) is 1. The summed E-state index contributed by atoms with van der Waals surface area (Å²) in [5.41, 5.74) is 1.75. The highest BCUT2D eigenvalue weighted by Crippen LogP contribution is 2.30. The molecule has 1 aromatic carbocycles. The summed E-state index contributed by atoms with van der Waals surface area (Å²) < 4.78 is 29.9. The lowest BCUT2D eigenvalue weighted by Crippen LogP contribution is -2.23. The Morgan fingerprint density at radius 1 is 1.11 bits per heavy atom. The third-order valence-electron chi connectivity index (χ3n) is 3.18. The van der Waals surface area contributed by atoms with E-state index in [1.54, 1.807) is 18.2 Å². The van der Waals surface area contributed by atoms with E-state index in [0.717, 1.165) is 17.8 Å². The minimum atomic E-state index is -2.90. The fourth-order valence-corrected chi connectivity index (χ4v) is 2.07. The minimum absolute atomic E-state index is 0.0330. The summed E-state index contributed by atoms with van der Waals surface area (Å²) in [5, 5.41) is 4.25. The van der Waals surface area contributed by atoms with Gasteiger partial charge >= 0.3 is 0 Å². The number of hydrogen-bond donors (Lipinski definition) is 0. The zero-order valence-electron chi connectivity index (χ0n) is 11.2. The fourth-order valence-electron chi connectivity index (χ4n) is 2.07. The second-order valence-electron chi connectivity index (χ2n) is 4.56. The molecule has 1 aromatic heterocycles. The van der Waals surface area contributed by atoms with Crippen molar-refractivity contribution in [1.29, 1.82) is 0 Å². The van der Waals surface area contributed by atoms with Crippen LogP contribution in [0.5, 0.6) is 0 Å². The third-order valence-corrected chi connectivity index (χ3v) is 3.18. The molecular weight excluding hydrogens is 246 g/mol. The van der Waals surface area contributed by atoms with E-state index < -0.39 is 12.5 Å². The van der Waals surface area contributed by atoms with E-state index in [9.17, 15) is 8.78 Å². The van der Waals surface area contributed by atoms with Crippen LogP contribution in [-0.4, -0.2) is 9.78 Å². The summed E-state index contributed by atoms with van der Waals surface area (Å²) in [5.74, 6) is -2.90. The van der Waals surface area contributed by atoms with Gasteiger partial charge in [0, 0.05) is 11.3 Å². The van der Waals surface area contributed by atoms with Gasteiger partial charge in [-0.3, -0.25) is 4.68 Å². The van der Waals surface area contributed by atoms with Crippen LogP contribution in [0, 0.1) is 0 Å². The van der Waals surface area contributed by atoms with Crippen molar-refractivity contribution in [1.82, 2.24) is 9.78 Å². The number of benzene rings is 1. The number of halogens is 2. The molecule has 19 heavy (non-hydrogen) atoms. The van der Waals surface area contributed by atoms with Gasteiger partial charge in [-0.05, 0) is 18.9 Å². The molecule has 2 rings (SSSR count). The standard InChI is InChI=1S/C15H18F2N2/c1-3-13-10-14(4-2)19(18-13)11-15(16,17)12-8-6-5-7-9-12/h5-10H,3-4,11H2,1-2H3. The maximum Gasteiger partial charge on any atom is 0.292 e. The molecule has 0 N–H and O–H groups in total. The van der Waals surface area contributed by atoms with E-state index in [2.05, 4.69) is 5.10 Å². The van der Waals surface area contributed by atoms with Gasteiger partial charge in [0.2, 0.25) is 0 Å². The van der Waals surface area contributed by atoms with Crippen molar-refractivity contribution in [2.24, 2.45) is 0 Å². The Bertz CT molecular complexity index is 532. The monoisotopic (exact) mass is 264 g/mol. The van der Waals surface area contributed by atoms with Crippen LogP contribution in [0.15, 0.2) is 36.4 Å². The first kappa shape index (κ1) is 13.7. The van der Waals surface area contributed by atoms with E-state index in [1.165, 1.54) is 16.8 Å². The van der Waals surface area contributed by atoms with Crippen LogP contribution in [-0.2, 0) is 25.3 Å². The summed E-state index contributed by atoms with van der Waals surface area (Å²) in [4.78, 5) is 0. The van der Waals surface area contributed by atoms with Crippen LogP contribution in [0.4, 0.5) is 8.78 Å². The molecule has 0 aliphatic rings. The molecule has 102 valence electrons. The van der Waals surface area contributed by atoms with Gasteiger partial charge in [-0.1, -0.05) is 44.2 Å². The van der Waals surface area contributed by atoms with Crippen molar-refractivity contribution in [3.63, 3.8) is 0 Å². The number of aryl methyl sites for hydroxylation is 2. The second kappa shape index (κ2) is 5.51. The molecule has 0 saturated heterocycles. The lowest BCUT2D eigenvalue weighted by atomic mass is 10.1. The molecule has 0 radical (unpaired) electrons. The van der Waals surface area contributed by atoms with Gasteiger partial charge in [0.15, 0.2) is 0 Å². The molecule has 0 saturated carbocycles. The van der Waals surface area contributed by atoms with E-state index in [-0.39, 0.29) is 5.56 Å². The SMILES string of the molecule is CCc1cc(CC)n(CC(F)(F)c2ccccc2)n1. The molecule has 0 unspecified atom stereocenters. The summed E-state index contributed by atoms with van der Waals surface area (Å²) in [6.07, 6.45) is 1.47. The molecule has 0 fully saturated rings. The van der Waals surface area contributed by atoms with E-state index in [0.29, 0.717) is 6.42 Å². The first-order valence-corrected chi connectivity index (χ1v) is 6.55. The van der Waals surface area contributed by atoms with Gasteiger partial charge in [-0.15, -0.1) is 0 Å². The number of alkyl halides is 2. The molecule has 0 spiro atoms. The molecule has 0 atom stereocenters. The largest absolute Gasteiger partial charge is 0.292 e. The van der Waals surface area contributed by atoms with Gasteiger partial charge in [-0.2, -0.15) is 13.9 Å². The summed E-state index contributed by atoms with van der Waals surface area (Å²) in [6.45, 7) is 3.52. The van der Waals surface area contributed by atoms with Crippen LogP contribution < -0.4 is 0 Å². The fraction of sp³-hybridized carbons (Fsp3) is 0.400. The Kier molecular flexibility index (Phi) is 3.98. The molecule has 4 heteroatoms. The number of nitrogens with zero attached hydrogens (tertiary/aromatic N) is 2. The Morgan fingerprint density at radius 3 is 2.37 bits per heavy atom. The van der Waals surface area contributed by atoms with Crippen LogP contribution >= 0.6 is 0 Å². The Balaban J connectivity index is 2.27. The maximum absolute atomic E-state index is 14.2. The molecule has 2 nitrogen and oxygen atoms in total. The van der Waals surface area contributed by atoms with E-state index in [1.807, 2.05) is 19.9 Å². The van der Waals surface area contributed by atoms with Gasteiger partial charge in [0.25, 0.3) is 5.92 Å². The molecule has 0 aliphatic heterocycles. The smallest absolute Gasteiger partial charge is 0.263 e. The highest BCUT2D eigenvalue weighted by atomic mass is 19.3. The minimum Gasteiger partial charge on any atom is -0.263 e. The molecule has 0 bridgehead atoms. The van der Waals surface area contributed by atoms with Crippen molar-refractivity contribution in [3.8, 4) is 0 Å². The molecule has 1 heterocycles. The predicted octanol–water partition coefficient (Wildman–Crippen LogP) is 3.80. The predicted molar refractivity (Wildman–Crippen MR) is 71.3 cm³/mol. The van der Waals surface area contributed by atoms with Gasteiger partial charge in [0.1, 0.15) is 6.54 Å². The summed E-state index contributed by atoms with van der Waals surface area (Å²) in [6, 6.07) is 9.81. The van der Waals surface area contributed by atoms with Gasteiger partial charge in [-0.25, -0.2) is 0 Å². The Morgan fingerprint density at radius 2 is 1.79 bits per heavy atom. The molecule has 2 aromatic rings. The third kappa shape index (κ3) is 3.00. The van der Waals surface area contributed by atoms with Crippen molar-refractivity contribution >= 4 is 0 Å². The topological polar surface area (TPSA) is 17.8 Å². The zero-order valence-corrected chi connectivity index (χ0v) is 11.2. The Labute approximate surface area is 112 Å². The average molecular weight is 264 g/mol. The van der Waals surface area contributed by atoms with Crippen LogP contribution in [0.25, 0.3) is 0 Å². The number of rotatable bonds is 5. The van der Waals surface area contributed by atoms with Crippen molar-refractivity contribution < 1.29 is 8.78 Å². The summed E-state index contributed by atoms with van der Waals surface area (Å²) in [7, 11) is 0. The highest BCUT2D eigenvalue weighted by Gasteiger charge is 2.32. The van der Waals surface area contributed by atoms with Crippen molar-refractivity contribution in [2.45, 2.75) is 39.2 Å². The quantitative estimate of drug-likeness (QED) is 0.803. The summed E-state index contributed by atoms with van der Waals surface area (Å²) >= 11 is 0. The van der Waals surface area contributed by atoms with E-state index >= 15 is 0 Å². The molecule has 0 aliphatic carbocycles. The first-order valence-electron chi connectivity index (χ1n) is 6.55.